The number of carbonyl (C=O) groups excluding carboxylic acids is 1. The van der Waals surface area contributed by atoms with Crippen LogP contribution in [0.1, 0.15) is 12.8 Å². The van der Waals surface area contributed by atoms with Gasteiger partial charge in [0.1, 0.15) is 0 Å². The van der Waals surface area contributed by atoms with Crippen LogP contribution in [0.4, 0.5) is 5.69 Å². The van der Waals surface area contributed by atoms with Gasteiger partial charge in [-0.25, -0.2) is 13.1 Å². The number of carboxylic acids is 1. The molecule has 11 heteroatoms. The normalized spacial score (nSPS) is 11.4. The Hall–Kier alpha value is -1.95. The Morgan fingerprint density at radius 1 is 0.968 bits per heavy atom. The van der Waals surface area contributed by atoms with Gasteiger partial charge in [0.2, 0.25) is 15.9 Å². The van der Waals surface area contributed by atoms with E-state index in [4.69, 9.17) is 5.11 Å². The van der Waals surface area contributed by atoms with Gasteiger partial charge < -0.3 is 15.3 Å². The first-order chi connectivity index (χ1) is 14.7. The summed E-state index contributed by atoms with van der Waals surface area (Å²) >= 11 is 0. The number of nitrogens with zero attached hydrogens (tertiary/aromatic N) is 1. The highest BCUT2D eigenvalue weighted by atomic mass is 33.1. The lowest BCUT2D eigenvalue weighted by molar-refractivity contribution is -0.136. The molecule has 0 aliphatic rings. The zero-order valence-electron chi connectivity index (χ0n) is 17.5. The quantitative estimate of drug-likeness (QED) is 0.293. The van der Waals surface area contributed by atoms with Crippen molar-refractivity contribution >= 4 is 59.9 Å². The largest absolute Gasteiger partial charge is 0.481 e. The first-order valence-electron chi connectivity index (χ1n) is 9.64. The number of carboxylic acid groups (broad SMARTS) is 1. The number of aliphatic carboxylic acids is 1. The van der Waals surface area contributed by atoms with Crippen LogP contribution in [0, 0.1) is 0 Å². The molecule has 31 heavy (non-hydrogen) atoms. The third kappa shape index (κ3) is 7.91. The molecule has 8 nitrogen and oxygen atoms in total. The van der Waals surface area contributed by atoms with Crippen molar-refractivity contribution in [2.45, 2.75) is 17.7 Å². The summed E-state index contributed by atoms with van der Waals surface area (Å²) in [7, 11) is 2.94. The summed E-state index contributed by atoms with van der Waals surface area (Å²) in [6.45, 7) is 0.265. The van der Waals surface area contributed by atoms with Gasteiger partial charge in [-0.3, -0.25) is 9.59 Å². The van der Waals surface area contributed by atoms with E-state index in [1.807, 2.05) is 37.2 Å². The van der Waals surface area contributed by atoms with Crippen LogP contribution in [-0.2, 0) is 19.6 Å². The Morgan fingerprint density at radius 3 is 2.29 bits per heavy atom. The van der Waals surface area contributed by atoms with Crippen molar-refractivity contribution in [1.82, 2.24) is 10.0 Å². The van der Waals surface area contributed by atoms with Crippen LogP contribution >= 0.6 is 21.6 Å². The first-order valence-corrected chi connectivity index (χ1v) is 13.6. The maximum absolute atomic E-state index is 12.8. The highest BCUT2D eigenvalue weighted by Gasteiger charge is 2.18. The average molecular weight is 486 g/mol. The number of amides is 1. The third-order valence-corrected chi connectivity index (χ3v) is 8.19. The smallest absolute Gasteiger partial charge is 0.304 e. The van der Waals surface area contributed by atoms with E-state index in [1.54, 1.807) is 18.2 Å². The number of sulfonamides is 1. The second kappa shape index (κ2) is 12.2. The summed E-state index contributed by atoms with van der Waals surface area (Å²) in [6, 6.07) is 10.7. The fraction of sp³-hybridized carbons (Fsp3) is 0.400. The SMILES string of the molecule is CN(C)c1cccc2c(S(=O)(=O)NCCNC(=O)CCSSCCC(=O)O)cccc12. The minimum Gasteiger partial charge on any atom is -0.481 e. The number of rotatable bonds is 13. The highest BCUT2D eigenvalue weighted by Crippen LogP contribution is 2.30. The molecular weight excluding hydrogens is 458 g/mol. The highest BCUT2D eigenvalue weighted by molar-refractivity contribution is 8.76. The zero-order chi connectivity index (χ0) is 22.9. The maximum Gasteiger partial charge on any atom is 0.304 e. The van der Waals surface area contributed by atoms with Crippen LogP contribution in [-0.4, -0.2) is 64.1 Å². The van der Waals surface area contributed by atoms with Crippen LogP contribution in [0.3, 0.4) is 0 Å². The van der Waals surface area contributed by atoms with E-state index in [9.17, 15) is 18.0 Å². The van der Waals surface area contributed by atoms with Crippen LogP contribution in [0.2, 0.25) is 0 Å². The van der Waals surface area contributed by atoms with E-state index in [0.29, 0.717) is 16.9 Å². The van der Waals surface area contributed by atoms with E-state index in [-0.39, 0.29) is 36.7 Å². The Morgan fingerprint density at radius 2 is 1.61 bits per heavy atom. The minimum atomic E-state index is -3.74. The lowest BCUT2D eigenvalue weighted by Crippen LogP contribution is -2.34. The van der Waals surface area contributed by atoms with Gasteiger partial charge in [0.05, 0.1) is 11.3 Å². The van der Waals surface area contributed by atoms with Crippen molar-refractivity contribution in [2.24, 2.45) is 0 Å². The fourth-order valence-corrected chi connectivity index (χ4v) is 6.04. The van der Waals surface area contributed by atoms with Crippen molar-refractivity contribution in [3.05, 3.63) is 36.4 Å². The van der Waals surface area contributed by atoms with Gasteiger partial charge in [-0.2, -0.15) is 0 Å². The molecule has 0 radical (unpaired) electrons. The second-order valence-electron chi connectivity index (χ2n) is 6.81. The number of hydrogen-bond donors (Lipinski definition) is 3. The second-order valence-corrected chi connectivity index (χ2v) is 11.2. The number of carbonyl (C=O) groups is 2. The Bertz CT molecular complexity index is 1010. The monoisotopic (exact) mass is 485 g/mol. The molecule has 2 rings (SSSR count). The summed E-state index contributed by atoms with van der Waals surface area (Å²) in [6.07, 6.45) is 0.380. The van der Waals surface area contributed by atoms with Gasteiger partial charge in [-0.05, 0) is 12.1 Å². The van der Waals surface area contributed by atoms with Crippen molar-refractivity contribution < 1.29 is 23.1 Å². The van der Waals surface area contributed by atoms with Crippen LogP contribution in [0.15, 0.2) is 41.3 Å². The van der Waals surface area contributed by atoms with E-state index in [0.717, 1.165) is 11.1 Å². The number of fused-ring (bicyclic) bond motifs is 1. The zero-order valence-corrected chi connectivity index (χ0v) is 19.9. The molecule has 2 aromatic rings. The molecule has 170 valence electrons. The van der Waals surface area contributed by atoms with Gasteiger partial charge >= 0.3 is 5.97 Å². The molecule has 0 aromatic heterocycles. The molecule has 0 atom stereocenters. The number of anilines is 1. The van der Waals surface area contributed by atoms with Crippen molar-refractivity contribution in [3.8, 4) is 0 Å². The Balaban J connectivity index is 1.83. The van der Waals surface area contributed by atoms with Crippen LogP contribution in [0.25, 0.3) is 10.8 Å². The molecule has 0 spiro atoms. The predicted molar refractivity (Wildman–Crippen MR) is 128 cm³/mol. The molecule has 3 N–H and O–H groups in total. The summed E-state index contributed by atoms with van der Waals surface area (Å²) in [5.74, 6) is 0.0425. The van der Waals surface area contributed by atoms with Crippen LogP contribution < -0.4 is 14.9 Å². The first kappa shape index (κ1) is 25.3. The molecule has 0 saturated heterocycles. The van der Waals surface area contributed by atoms with Crippen molar-refractivity contribution in [1.29, 1.82) is 0 Å². The molecule has 0 saturated carbocycles. The van der Waals surface area contributed by atoms with E-state index >= 15 is 0 Å². The lowest BCUT2D eigenvalue weighted by Gasteiger charge is -2.17. The summed E-state index contributed by atoms with van der Waals surface area (Å²) in [5.41, 5.74) is 0.931. The Labute approximate surface area is 190 Å². The van der Waals surface area contributed by atoms with E-state index in [2.05, 4.69) is 10.0 Å². The standard InChI is InChI=1S/C20H27N3O5S3/c1-23(2)17-7-3-6-16-15(17)5-4-8-18(16)31(27,28)22-12-11-21-19(24)9-13-29-30-14-10-20(25)26/h3-8,22H,9-14H2,1-2H3,(H,21,24)(H,25,26). The fourth-order valence-electron chi connectivity index (χ4n) is 2.82. The minimum absolute atomic E-state index is 0.0817. The molecule has 1 amide bonds. The molecule has 0 bridgehead atoms. The molecule has 0 aliphatic carbocycles. The van der Waals surface area contributed by atoms with Gasteiger partial charge in [-0.15, -0.1) is 0 Å². The molecule has 2 aromatic carbocycles. The van der Waals surface area contributed by atoms with Gasteiger partial charge in [0.15, 0.2) is 0 Å². The lowest BCUT2D eigenvalue weighted by atomic mass is 10.1. The molecular formula is C20H27N3O5S3. The third-order valence-electron chi connectivity index (χ3n) is 4.26. The van der Waals surface area contributed by atoms with Gasteiger partial charge in [-0.1, -0.05) is 45.9 Å². The Kier molecular flexibility index (Phi) is 9.94. The molecule has 0 fully saturated rings. The predicted octanol–water partition coefficient (Wildman–Crippen LogP) is 2.55. The molecule has 0 aliphatic heterocycles. The maximum atomic E-state index is 12.8. The number of benzene rings is 2. The van der Waals surface area contributed by atoms with Crippen molar-refractivity contribution in [3.63, 3.8) is 0 Å². The molecule has 0 heterocycles. The van der Waals surface area contributed by atoms with Crippen molar-refractivity contribution in [2.75, 3.05) is 43.6 Å². The number of hydrogen-bond acceptors (Lipinski definition) is 7. The summed E-state index contributed by atoms with van der Waals surface area (Å²) in [5, 5.41) is 12.7. The number of nitrogens with one attached hydrogen (secondary N) is 2. The van der Waals surface area contributed by atoms with E-state index in [1.165, 1.54) is 21.6 Å². The van der Waals surface area contributed by atoms with Gasteiger partial charge in [0.25, 0.3) is 0 Å². The van der Waals surface area contributed by atoms with Gasteiger partial charge in [0, 0.05) is 61.6 Å². The molecule has 0 unspecified atom stereocenters. The van der Waals surface area contributed by atoms with E-state index < -0.39 is 16.0 Å². The summed E-state index contributed by atoms with van der Waals surface area (Å²) < 4.78 is 28.2. The average Bonchev–Trinajstić information content (AvgIpc) is 2.72. The van der Waals surface area contributed by atoms with Crippen LogP contribution in [0.5, 0.6) is 0 Å². The topological polar surface area (TPSA) is 116 Å². The summed E-state index contributed by atoms with van der Waals surface area (Å²) in [4.78, 5) is 24.4.